The van der Waals surface area contributed by atoms with Gasteiger partial charge in [0.1, 0.15) is 18.1 Å². The van der Waals surface area contributed by atoms with Gasteiger partial charge in [0.2, 0.25) is 17.7 Å². The molecule has 0 spiro atoms. The number of aryl methyl sites for hydroxylation is 1. The Balaban J connectivity index is 1.21. The predicted octanol–water partition coefficient (Wildman–Crippen LogP) is 6.98. The zero-order valence-corrected chi connectivity index (χ0v) is 43.8. The maximum absolute atomic E-state index is 14.8. The molecule has 2 saturated heterocycles. The normalized spacial score (nSPS) is 21.7. The van der Waals surface area contributed by atoms with Crippen LogP contribution < -0.4 is 10.7 Å². The van der Waals surface area contributed by atoms with Crippen molar-refractivity contribution in [1.82, 2.24) is 40.0 Å². The molecule has 4 amide bonds. The molecule has 4 aliphatic heterocycles. The first-order valence-corrected chi connectivity index (χ1v) is 25.8. The highest BCUT2D eigenvalue weighted by atomic mass is 16.5. The summed E-state index contributed by atoms with van der Waals surface area (Å²) < 4.78 is 14.6. The van der Waals surface area contributed by atoms with E-state index in [-0.39, 0.29) is 43.4 Å². The topological polar surface area (TPSA) is 159 Å². The Morgan fingerprint density at radius 1 is 1.04 bits per heavy atom. The van der Waals surface area contributed by atoms with Crippen LogP contribution in [0, 0.1) is 17.3 Å². The van der Waals surface area contributed by atoms with Crippen molar-refractivity contribution in [3.8, 4) is 22.4 Å². The molecule has 8 rings (SSSR count). The number of benzene rings is 2. The summed E-state index contributed by atoms with van der Waals surface area (Å²) in [6, 6.07) is 14.2. The van der Waals surface area contributed by atoms with E-state index in [1.165, 1.54) is 21.6 Å². The van der Waals surface area contributed by atoms with Gasteiger partial charge in [-0.15, -0.1) is 0 Å². The fourth-order valence-corrected chi connectivity index (χ4v) is 11.1. The number of cyclic esters (lactones) is 1. The third-order valence-electron chi connectivity index (χ3n) is 15.2. The fraction of sp³-hybridized carbons (Fsp3) is 0.509. The van der Waals surface area contributed by atoms with Gasteiger partial charge in [0.05, 0.1) is 30.0 Å². The summed E-state index contributed by atoms with van der Waals surface area (Å²) in [6.45, 7) is 19.4. The molecule has 4 aliphatic rings. The smallest absolute Gasteiger partial charge is 0.324 e. The Labute approximate surface area is 424 Å². The average molecular weight is 983 g/mol. The average Bonchev–Trinajstić information content (AvgIpc) is 3.99. The predicted molar refractivity (Wildman–Crippen MR) is 280 cm³/mol. The van der Waals surface area contributed by atoms with E-state index in [2.05, 4.69) is 97.1 Å². The van der Waals surface area contributed by atoms with Crippen LogP contribution in [0.15, 0.2) is 73.5 Å². The number of nitrogens with one attached hydrogen (secondary N) is 2. The SMILES string of the molecule is C=CC(=O)N1CC[C@H](C(=O)N(C)[C@H](C(=O)N[C@H]2Cc3cccc(c3)-c3ccc4c(c3)c(c(-c3cc(C5=CCN(C)CC5)cnc3C(C)OC)n4CC)CC(C)(C)COC(=O)[C@@H]3CCCN(N3)C2=O)C(C)C)C1. The number of hydrogen-bond acceptors (Lipinski definition) is 10. The number of methoxy groups -OCH3 is 1. The van der Waals surface area contributed by atoms with Crippen LogP contribution in [-0.4, -0.2) is 138 Å². The van der Waals surface area contributed by atoms with Gasteiger partial charge >= 0.3 is 5.97 Å². The van der Waals surface area contributed by atoms with E-state index in [0.717, 1.165) is 75.2 Å². The van der Waals surface area contributed by atoms with Crippen LogP contribution in [0.3, 0.4) is 0 Å². The highest BCUT2D eigenvalue weighted by Gasteiger charge is 2.40. The van der Waals surface area contributed by atoms with E-state index >= 15 is 0 Å². The Hall–Kier alpha value is -6.16. The van der Waals surface area contributed by atoms with E-state index < -0.39 is 47.2 Å². The lowest BCUT2D eigenvalue weighted by Crippen LogP contribution is -2.62. The maximum atomic E-state index is 14.8. The zero-order chi connectivity index (χ0) is 51.6. The molecule has 4 aromatic rings. The van der Waals surface area contributed by atoms with Gasteiger partial charge in [0.25, 0.3) is 5.91 Å². The summed E-state index contributed by atoms with van der Waals surface area (Å²) in [7, 11) is 5.47. The van der Waals surface area contributed by atoms with Crippen LogP contribution in [0.2, 0.25) is 0 Å². The molecule has 72 heavy (non-hydrogen) atoms. The second-order valence-corrected chi connectivity index (χ2v) is 21.4. The molecule has 6 bridgehead atoms. The number of ether oxygens (including phenoxy) is 2. The maximum Gasteiger partial charge on any atom is 0.324 e. The molecule has 2 N–H and O–H groups in total. The Morgan fingerprint density at radius 3 is 2.53 bits per heavy atom. The molecule has 384 valence electrons. The minimum atomic E-state index is -1.06. The van der Waals surface area contributed by atoms with Crippen molar-refractivity contribution in [3.63, 3.8) is 0 Å². The largest absolute Gasteiger partial charge is 0.464 e. The number of hydrazine groups is 1. The molecule has 2 aromatic heterocycles. The van der Waals surface area contributed by atoms with E-state index in [9.17, 15) is 24.0 Å². The summed E-state index contributed by atoms with van der Waals surface area (Å²) >= 11 is 0. The summed E-state index contributed by atoms with van der Waals surface area (Å²) in [5, 5.41) is 5.61. The van der Waals surface area contributed by atoms with Crippen LogP contribution >= 0.6 is 0 Å². The van der Waals surface area contributed by atoms with Gasteiger partial charge in [-0.1, -0.05) is 70.7 Å². The molecule has 6 heterocycles. The van der Waals surface area contributed by atoms with Gasteiger partial charge in [0, 0.05) is 87.9 Å². The lowest BCUT2D eigenvalue weighted by Gasteiger charge is -2.37. The Kier molecular flexibility index (Phi) is 15.9. The molecular weight excluding hydrogens is 909 g/mol. The number of pyridine rings is 1. The molecule has 0 saturated carbocycles. The second kappa shape index (κ2) is 21.9. The van der Waals surface area contributed by atoms with Crippen molar-refractivity contribution in [2.45, 2.75) is 111 Å². The van der Waals surface area contributed by atoms with E-state index in [4.69, 9.17) is 14.5 Å². The van der Waals surface area contributed by atoms with Crippen molar-refractivity contribution >= 4 is 46.1 Å². The van der Waals surface area contributed by atoms with Crippen molar-refractivity contribution in [1.29, 1.82) is 0 Å². The Bertz CT molecular complexity index is 2760. The molecule has 1 unspecified atom stereocenters. The molecule has 15 heteroatoms. The number of carbonyl (C=O) groups excluding carboxylic acids is 5. The monoisotopic (exact) mass is 983 g/mol. The Morgan fingerprint density at radius 2 is 1.82 bits per heavy atom. The molecular formula is C57H74N8O7. The van der Waals surface area contributed by atoms with Gasteiger partial charge in [-0.2, -0.15) is 0 Å². The first kappa shape index (κ1) is 52.2. The summed E-state index contributed by atoms with van der Waals surface area (Å²) in [4.78, 5) is 80.4. The molecule has 0 radical (unpaired) electrons. The van der Waals surface area contributed by atoms with Crippen LogP contribution in [-0.2, 0) is 52.8 Å². The van der Waals surface area contributed by atoms with E-state index in [1.54, 1.807) is 19.1 Å². The van der Waals surface area contributed by atoms with Gasteiger partial charge in [-0.05, 0) is 117 Å². The molecule has 0 aliphatic carbocycles. The molecule has 2 fully saturated rings. The van der Waals surface area contributed by atoms with Crippen LogP contribution in [0.1, 0.15) is 95.7 Å². The molecule has 5 atom stereocenters. The number of carbonyl (C=O) groups is 5. The number of hydrogen-bond donors (Lipinski definition) is 2. The number of amides is 4. The first-order chi connectivity index (χ1) is 34.4. The minimum Gasteiger partial charge on any atom is -0.464 e. The highest BCUT2D eigenvalue weighted by Crippen LogP contribution is 2.43. The van der Waals surface area contributed by atoms with E-state index in [1.807, 2.05) is 39.1 Å². The summed E-state index contributed by atoms with van der Waals surface area (Å²) in [5.41, 5.74) is 12.9. The number of likely N-dealkylation sites (tertiary alicyclic amines) is 1. The van der Waals surface area contributed by atoms with Crippen molar-refractivity contribution in [2.24, 2.45) is 17.3 Å². The number of rotatable bonds is 11. The number of esters is 1. The van der Waals surface area contributed by atoms with Crippen LogP contribution in [0.4, 0.5) is 0 Å². The van der Waals surface area contributed by atoms with Crippen molar-refractivity contribution in [2.75, 3.05) is 60.5 Å². The van der Waals surface area contributed by atoms with Gasteiger partial charge in [-0.3, -0.25) is 34.0 Å². The van der Waals surface area contributed by atoms with Crippen molar-refractivity contribution in [3.05, 3.63) is 95.8 Å². The third-order valence-corrected chi connectivity index (χ3v) is 15.2. The number of likely N-dealkylation sites (N-methyl/N-ethyl adjacent to an activating group) is 2. The lowest BCUT2D eigenvalue weighted by molar-refractivity contribution is -0.155. The van der Waals surface area contributed by atoms with Gasteiger partial charge in [0.15, 0.2) is 0 Å². The van der Waals surface area contributed by atoms with Gasteiger partial charge < -0.3 is 34.1 Å². The van der Waals surface area contributed by atoms with Gasteiger partial charge in [-0.25, -0.2) is 5.43 Å². The fourth-order valence-electron chi connectivity index (χ4n) is 11.1. The van der Waals surface area contributed by atoms with E-state index in [0.29, 0.717) is 45.3 Å². The van der Waals surface area contributed by atoms with Crippen molar-refractivity contribution < 1.29 is 33.4 Å². The zero-order valence-electron chi connectivity index (χ0n) is 43.8. The quantitative estimate of drug-likeness (QED) is 0.119. The molecule has 2 aromatic carbocycles. The summed E-state index contributed by atoms with van der Waals surface area (Å²) in [6.07, 6.45) is 8.38. The molecule has 15 nitrogen and oxygen atoms in total. The number of aromatic nitrogens is 2. The summed E-state index contributed by atoms with van der Waals surface area (Å²) in [5.74, 6) is -2.57. The second-order valence-electron chi connectivity index (χ2n) is 21.4. The lowest BCUT2D eigenvalue weighted by atomic mass is 9.83. The minimum absolute atomic E-state index is 0.128. The number of nitrogens with zero attached hydrogens (tertiary/aromatic N) is 6. The number of fused-ring (bicyclic) bond motifs is 6. The standard InChI is InChI=1S/C57H74N8O7/c1-11-49(66)63-26-22-41(33-63)54(68)62(9)51(35(3)4)53(67)59-47-28-37-15-13-16-39(27-37)40-18-19-48-43(29-40)45(31-57(6,7)34-72-56(70)46-17-14-23-65(60-46)55(47)69)52(64(48)12-2)44-30-42(32-58-50(44)36(5)71-10)38-20-24-61(8)25-21-38/h11,13,15-16,18-20,27,29-30,32,35-36,41,46-47,51,60H,1,12,14,17,21-26,28,31,33-34H2,2-10H3,(H,59,67)/t36?,41-,46-,47-,51-/m0/s1. The highest BCUT2D eigenvalue weighted by molar-refractivity contribution is 5.96. The third kappa shape index (κ3) is 10.9. The van der Waals surface area contributed by atoms with Crippen LogP contribution in [0.5, 0.6) is 0 Å². The van der Waals surface area contributed by atoms with Crippen LogP contribution in [0.25, 0.3) is 38.9 Å². The first-order valence-electron chi connectivity index (χ1n) is 25.8.